The summed E-state index contributed by atoms with van der Waals surface area (Å²) in [5, 5.41) is 3.48. The largest absolute Gasteiger partial charge is 0.369 e. The van der Waals surface area contributed by atoms with Crippen LogP contribution in [0, 0.1) is 12.7 Å². The van der Waals surface area contributed by atoms with Crippen LogP contribution >= 0.6 is 0 Å². The van der Waals surface area contributed by atoms with Gasteiger partial charge in [-0.2, -0.15) is 0 Å². The molecule has 1 fully saturated rings. The van der Waals surface area contributed by atoms with Gasteiger partial charge in [0.25, 0.3) is 0 Å². The van der Waals surface area contributed by atoms with Crippen molar-refractivity contribution in [1.82, 2.24) is 5.32 Å². The second kappa shape index (κ2) is 6.57. The fraction of sp³-hybridized carbons (Fsp3) is 0.647. The maximum atomic E-state index is 14.0. The van der Waals surface area contributed by atoms with Crippen molar-refractivity contribution in [3.05, 3.63) is 29.1 Å². The first-order chi connectivity index (χ1) is 9.58. The van der Waals surface area contributed by atoms with E-state index in [4.69, 9.17) is 0 Å². The first kappa shape index (κ1) is 15.3. The fourth-order valence-corrected chi connectivity index (χ4v) is 2.76. The van der Waals surface area contributed by atoms with Gasteiger partial charge in [-0.1, -0.05) is 6.92 Å². The molecule has 112 valence electrons. The van der Waals surface area contributed by atoms with E-state index in [9.17, 15) is 4.39 Å². The van der Waals surface area contributed by atoms with Crippen LogP contribution in [-0.4, -0.2) is 19.1 Å². The average Bonchev–Trinajstić information content (AvgIpc) is 3.25. The Bertz CT molecular complexity index is 455. The number of anilines is 1. The van der Waals surface area contributed by atoms with Gasteiger partial charge in [0, 0.05) is 24.3 Å². The second-order valence-corrected chi connectivity index (χ2v) is 5.85. The van der Waals surface area contributed by atoms with Crippen molar-refractivity contribution >= 4 is 5.69 Å². The highest BCUT2D eigenvalue weighted by atomic mass is 19.1. The van der Waals surface area contributed by atoms with Crippen LogP contribution in [0.1, 0.15) is 57.2 Å². The van der Waals surface area contributed by atoms with E-state index in [1.165, 1.54) is 18.5 Å². The summed E-state index contributed by atoms with van der Waals surface area (Å²) in [5.74, 6) is -0.0965. The van der Waals surface area contributed by atoms with Gasteiger partial charge in [0.2, 0.25) is 0 Å². The normalized spacial score (nSPS) is 16.2. The summed E-state index contributed by atoms with van der Waals surface area (Å²) in [5.41, 5.74) is 3.05. The second-order valence-electron chi connectivity index (χ2n) is 5.85. The maximum absolute atomic E-state index is 14.0. The molecule has 1 aliphatic carbocycles. The Hall–Kier alpha value is -1.09. The Morgan fingerprint density at radius 1 is 1.35 bits per heavy atom. The zero-order valence-corrected chi connectivity index (χ0v) is 13.2. The molecule has 1 aromatic rings. The summed E-state index contributed by atoms with van der Waals surface area (Å²) in [6.07, 6.45) is 3.62. The van der Waals surface area contributed by atoms with E-state index in [1.807, 2.05) is 13.0 Å². The molecule has 20 heavy (non-hydrogen) atoms. The monoisotopic (exact) mass is 278 g/mol. The minimum Gasteiger partial charge on any atom is -0.369 e. The highest BCUT2D eigenvalue weighted by Gasteiger charge is 2.30. The Labute approximate surface area is 122 Å². The third kappa shape index (κ3) is 3.32. The lowest BCUT2D eigenvalue weighted by atomic mass is 10.0. The third-order valence-electron chi connectivity index (χ3n) is 4.11. The zero-order valence-electron chi connectivity index (χ0n) is 13.2. The summed E-state index contributed by atoms with van der Waals surface area (Å²) in [4.78, 5) is 2.44. The quantitative estimate of drug-likeness (QED) is 0.804. The van der Waals surface area contributed by atoms with E-state index in [1.54, 1.807) is 6.07 Å². The molecule has 0 saturated heterocycles. The molecule has 1 aromatic carbocycles. The van der Waals surface area contributed by atoms with Gasteiger partial charge in [-0.15, -0.1) is 0 Å². The van der Waals surface area contributed by atoms with E-state index < -0.39 is 0 Å². The molecule has 1 saturated carbocycles. The molecule has 0 aliphatic heterocycles. The summed E-state index contributed by atoms with van der Waals surface area (Å²) >= 11 is 0. The minimum absolute atomic E-state index is 0.0965. The summed E-state index contributed by atoms with van der Waals surface area (Å²) in [6, 6.07) is 4.59. The molecule has 3 heteroatoms. The van der Waals surface area contributed by atoms with Crippen molar-refractivity contribution in [1.29, 1.82) is 0 Å². The Balaban J connectivity index is 2.34. The molecule has 0 amide bonds. The van der Waals surface area contributed by atoms with Crippen molar-refractivity contribution in [2.75, 3.05) is 18.0 Å². The lowest BCUT2D eigenvalue weighted by molar-refractivity contribution is 0.558. The first-order valence-electron chi connectivity index (χ1n) is 7.88. The molecule has 1 aliphatic rings. The van der Waals surface area contributed by atoms with Gasteiger partial charge in [-0.25, -0.2) is 4.39 Å². The molecule has 0 aromatic heterocycles. The topological polar surface area (TPSA) is 15.3 Å². The van der Waals surface area contributed by atoms with Crippen molar-refractivity contribution in [3.8, 4) is 0 Å². The van der Waals surface area contributed by atoms with Crippen molar-refractivity contribution in [2.45, 2.75) is 59.0 Å². The molecule has 2 rings (SSSR count). The first-order valence-corrected chi connectivity index (χ1v) is 7.88. The van der Waals surface area contributed by atoms with Crippen LogP contribution in [0.2, 0.25) is 0 Å². The maximum Gasteiger partial charge on any atom is 0.126 e. The van der Waals surface area contributed by atoms with Gasteiger partial charge < -0.3 is 10.2 Å². The van der Waals surface area contributed by atoms with E-state index in [0.717, 1.165) is 30.6 Å². The predicted octanol–water partition coefficient (Wildman–Crippen LogP) is 4.18. The molecule has 2 nitrogen and oxygen atoms in total. The smallest absolute Gasteiger partial charge is 0.126 e. The molecule has 1 N–H and O–H groups in total. The third-order valence-corrected chi connectivity index (χ3v) is 4.11. The van der Waals surface area contributed by atoms with Gasteiger partial charge in [-0.3, -0.25) is 0 Å². The van der Waals surface area contributed by atoms with Crippen LogP contribution in [0.3, 0.4) is 0 Å². The average molecular weight is 278 g/mol. The van der Waals surface area contributed by atoms with Crippen LogP contribution in [0.4, 0.5) is 10.1 Å². The molecular formula is C17H27FN2. The van der Waals surface area contributed by atoms with Crippen molar-refractivity contribution in [3.63, 3.8) is 0 Å². The summed E-state index contributed by atoms with van der Waals surface area (Å²) in [6.45, 7) is 10.3. The molecule has 1 unspecified atom stereocenters. The van der Waals surface area contributed by atoms with Crippen molar-refractivity contribution < 1.29 is 4.39 Å². The van der Waals surface area contributed by atoms with E-state index in [2.05, 4.69) is 31.0 Å². The van der Waals surface area contributed by atoms with Crippen LogP contribution in [0.5, 0.6) is 0 Å². The fourth-order valence-electron chi connectivity index (χ4n) is 2.76. The Morgan fingerprint density at radius 2 is 2.05 bits per heavy atom. The molecule has 0 radical (unpaired) electrons. The minimum atomic E-state index is -0.0965. The van der Waals surface area contributed by atoms with Gasteiger partial charge in [0.1, 0.15) is 5.82 Å². The summed E-state index contributed by atoms with van der Waals surface area (Å²) in [7, 11) is 0. The molecule has 0 bridgehead atoms. The predicted molar refractivity (Wildman–Crippen MR) is 83.9 cm³/mol. The van der Waals surface area contributed by atoms with E-state index >= 15 is 0 Å². The number of nitrogens with one attached hydrogen (secondary N) is 1. The standard InChI is InChI=1S/C17H27FN2/c1-5-9-19-13(4)15-11-16(18)12(3)10-17(15)20(6-2)14-7-8-14/h10-11,13-14,19H,5-9H2,1-4H3. The van der Waals surface area contributed by atoms with Gasteiger partial charge in [0.15, 0.2) is 0 Å². The number of nitrogens with zero attached hydrogens (tertiary/aromatic N) is 1. The highest BCUT2D eigenvalue weighted by Crippen LogP contribution is 2.36. The van der Waals surface area contributed by atoms with Gasteiger partial charge in [-0.05, 0) is 69.8 Å². The molecule has 0 heterocycles. The van der Waals surface area contributed by atoms with Gasteiger partial charge in [0.05, 0.1) is 0 Å². The number of halogens is 1. The van der Waals surface area contributed by atoms with Crippen LogP contribution in [-0.2, 0) is 0 Å². The zero-order chi connectivity index (χ0) is 14.7. The van der Waals surface area contributed by atoms with Gasteiger partial charge >= 0.3 is 0 Å². The lowest BCUT2D eigenvalue weighted by Gasteiger charge is -2.29. The number of hydrogen-bond acceptors (Lipinski definition) is 2. The van der Waals surface area contributed by atoms with Crippen molar-refractivity contribution in [2.24, 2.45) is 0 Å². The molecule has 1 atom stereocenters. The number of aryl methyl sites for hydroxylation is 1. The molecular weight excluding hydrogens is 251 g/mol. The number of rotatable bonds is 7. The van der Waals surface area contributed by atoms with Crippen LogP contribution < -0.4 is 10.2 Å². The molecule has 0 spiro atoms. The van der Waals surface area contributed by atoms with E-state index in [-0.39, 0.29) is 11.9 Å². The SMILES string of the molecule is CCCNC(C)c1cc(F)c(C)cc1N(CC)C1CC1. The highest BCUT2D eigenvalue weighted by molar-refractivity contribution is 5.58. The Kier molecular flexibility index (Phi) is 5.03. The van der Waals surface area contributed by atoms with E-state index in [0.29, 0.717) is 6.04 Å². The lowest BCUT2D eigenvalue weighted by Crippen LogP contribution is -2.29. The van der Waals surface area contributed by atoms with Crippen LogP contribution in [0.25, 0.3) is 0 Å². The number of benzene rings is 1. The summed E-state index contributed by atoms with van der Waals surface area (Å²) < 4.78 is 14.0. The Morgan fingerprint density at radius 3 is 2.60 bits per heavy atom. The number of hydrogen-bond donors (Lipinski definition) is 1. The van der Waals surface area contributed by atoms with Crippen LogP contribution in [0.15, 0.2) is 12.1 Å².